The van der Waals surface area contributed by atoms with Crippen molar-refractivity contribution in [1.29, 1.82) is 0 Å². The Labute approximate surface area is 193 Å². The van der Waals surface area contributed by atoms with Crippen molar-refractivity contribution in [3.05, 3.63) is 65.6 Å². The molecule has 3 aromatic rings. The van der Waals surface area contributed by atoms with Crippen molar-refractivity contribution < 1.29 is 22.3 Å². The minimum absolute atomic E-state index is 0. The van der Waals surface area contributed by atoms with E-state index >= 15 is 0 Å². The van der Waals surface area contributed by atoms with Gasteiger partial charge in [-0.25, -0.2) is 17.6 Å². The summed E-state index contributed by atoms with van der Waals surface area (Å²) in [5.41, 5.74) is 8.64. The van der Waals surface area contributed by atoms with Crippen molar-refractivity contribution in [3.63, 3.8) is 0 Å². The number of rotatable bonds is 7. The second kappa shape index (κ2) is 10.3. The van der Waals surface area contributed by atoms with Crippen molar-refractivity contribution in [3.8, 4) is 11.1 Å². The fourth-order valence-corrected chi connectivity index (χ4v) is 4.28. The highest BCUT2D eigenvalue weighted by molar-refractivity contribution is 7.90. The number of benzene rings is 2. The van der Waals surface area contributed by atoms with Crippen LogP contribution in [0.2, 0.25) is 0 Å². The third-order valence-corrected chi connectivity index (χ3v) is 6.14. The fraction of sp³-hybridized carbons (Fsp3) is 0.261. The quantitative estimate of drug-likeness (QED) is 0.505. The number of allylic oxidation sites excluding steroid dienone is 1. The lowest BCUT2D eigenvalue weighted by Crippen LogP contribution is -2.05. The zero-order chi connectivity index (χ0) is 22.8. The Morgan fingerprint density at radius 3 is 2.56 bits per heavy atom. The summed E-state index contributed by atoms with van der Waals surface area (Å²) < 4.78 is 45.4. The molecule has 0 aliphatic carbocycles. The molecule has 0 saturated heterocycles. The van der Waals surface area contributed by atoms with Gasteiger partial charge in [-0.15, -0.1) is 12.4 Å². The van der Waals surface area contributed by atoms with Gasteiger partial charge in [0.25, 0.3) is 0 Å². The third kappa shape index (κ3) is 5.20. The van der Waals surface area contributed by atoms with E-state index in [9.17, 15) is 17.6 Å². The Morgan fingerprint density at radius 2 is 1.94 bits per heavy atom. The average Bonchev–Trinajstić information content (AvgIpc) is 2.98. The third-order valence-electron chi connectivity index (χ3n) is 5.03. The van der Waals surface area contributed by atoms with Crippen LogP contribution in [0.15, 0.2) is 59.3 Å². The number of hydrogen-bond acceptors (Lipinski definition) is 5. The first-order valence-corrected chi connectivity index (χ1v) is 11.7. The number of fused-ring (bicyclic) bond motifs is 1. The molecule has 1 heterocycles. The Bertz CT molecular complexity index is 1280. The molecule has 0 aliphatic heterocycles. The van der Waals surface area contributed by atoms with Gasteiger partial charge in [0.05, 0.1) is 23.6 Å². The van der Waals surface area contributed by atoms with Crippen LogP contribution in [0.3, 0.4) is 0 Å². The van der Waals surface area contributed by atoms with E-state index in [1.807, 2.05) is 6.92 Å². The molecule has 9 heteroatoms. The molecule has 32 heavy (non-hydrogen) atoms. The summed E-state index contributed by atoms with van der Waals surface area (Å²) in [6.45, 7) is 3.87. The minimum atomic E-state index is -3.41. The smallest absolute Gasteiger partial charge is 0.338 e. The highest BCUT2D eigenvalue weighted by atomic mass is 35.5. The van der Waals surface area contributed by atoms with Crippen LogP contribution < -0.4 is 5.73 Å². The molecule has 0 amide bonds. The monoisotopic (exact) mass is 480 g/mol. The van der Waals surface area contributed by atoms with Gasteiger partial charge in [0.15, 0.2) is 9.84 Å². The number of halogens is 2. The number of carbonyl (C=O) groups is 1. The lowest BCUT2D eigenvalue weighted by atomic mass is 10.0. The molecule has 3 rings (SSSR count). The molecule has 0 atom stereocenters. The Morgan fingerprint density at radius 1 is 1.22 bits per heavy atom. The van der Waals surface area contributed by atoms with Gasteiger partial charge in [-0.3, -0.25) is 0 Å². The van der Waals surface area contributed by atoms with Crippen molar-refractivity contribution in [2.45, 2.75) is 25.3 Å². The van der Waals surface area contributed by atoms with E-state index in [4.69, 9.17) is 10.5 Å². The lowest BCUT2D eigenvalue weighted by molar-refractivity contribution is 0.0526. The lowest BCUT2D eigenvalue weighted by Gasteiger charge is -2.08. The summed E-state index contributed by atoms with van der Waals surface area (Å²) in [4.78, 5) is 12.5. The number of aromatic nitrogens is 1. The predicted octanol–water partition coefficient (Wildman–Crippen LogP) is 4.43. The number of hydrogen-bond donors (Lipinski definition) is 1. The molecule has 172 valence electrons. The predicted molar refractivity (Wildman–Crippen MR) is 127 cm³/mol. The van der Waals surface area contributed by atoms with Gasteiger partial charge in [0.1, 0.15) is 5.83 Å². The largest absolute Gasteiger partial charge is 0.462 e. The number of nitrogens with zero attached hydrogens (tertiary/aromatic N) is 1. The van der Waals surface area contributed by atoms with E-state index in [2.05, 4.69) is 0 Å². The second-order valence-electron chi connectivity index (χ2n) is 7.19. The summed E-state index contributed by atoms with van der Waals surface area (Å²) in [6.07, 6.45) is 2.45. The van der Waals surface area contributed by atoms with Crippen molar-refractivity contribution in [2.24, 2.45) is 5.73 Å². The molecular weight excluding hydrogens is 455 g/mol. The summed E-state index contributed by atoms with van der Waals surface area (Å²) in [6, 6.07) is 11.7. The second-order valence-corrected chi connectivity index (χ2v) is 9.20. The molecule has 2 aromatic carbocycles. The first kappa shape index (κ1) is 25.6. The number of sulfone groups is 1. The van der Waals surface area contributed by atoms with Crippen LogP contribution >= 0.6 is 12.4 Å². The maximum atomic E-state index is 14.3. The number of esters is 1. The zero-order valence-electron chi connectivity index (χ0n) is 18.1. The van der Waals surface area contributed by atoms with Crippen LogP contribution in [-0.4, -0.2) is 38.4 Å². The topological polar surface area (TPSA) is 91.4 Å². The summed E-state index contributed by atoms with van der Waals surface area (Å²) in [7, 11) is -3.41. The first-order valence-electron chi connectivity index (χ1n) is 9.82. The summed E-state index contributed by atoms with van der Waals surface area (Å²) in [5, 5.41) is 0.703. The highest BCUT2D eigenvalue weighted by Crippen LogP contribution is 2.36. The minimum Gasteiger partial charge on any atom is -0.462 e. The van der Waals surface area contributed by atoms with Crippen LogP contribution in [0.1, 0.15) is 23.0 Å². The van der Waals surface area contributed by atoms with E-state index < -0.39 is 15.8 Å². The van der Waals surface area contributed by atoms with E-state index in [-0.39, 0.29) is 42.8 Å². The normalized spacial score (nSPS) is 12.0. The van der Waals surface area contributed by atoms with Crippen molar-refractivity contribution in [2.75, 3.05) is 19.4 Å². The Balaban J connectivity index is 0.00000363. The maximum absolute atomic E-state index is 14.3. The van der Waals surface area contributed by atoms with Crippen LogP contribution in [0.5, 0.6) is 0 Å². The van der Waals surface area contributed by atoms with Gasteiger partial charge >= 0.3 is 5.97 Å². The number of nitrogens with two attached hydrogens (primary N) is 1. The van der Waals surface area contributed by atoms with Gasteiger partial charge in [-0.1, -0.05) is 12.1 Å². The van der Waals surface area contributed by atoms with Crippen LogP contribution in [0.4, 0.5) is 4.39 Å². The molecule has 0 radical (unpaired) electrons. The summed E-state index contributed by atoms with van der Waals surface area (Å²) in [5.74, 6) is -0.840. The van der Waals surface area contributed by atoms with E-state index in [1.54, 1.807) is 47.9 Å². The van der Waals surface area contributed by atoms with Crippen LogP contribution in [-0.2, 0) is 21.1 Å². The Hall–Kier alpha value is -2.68. The molecule has 0 aliphatic rings. The summed E-state index contributed by atoms with van der Waals surface area (Å²) >= 11 is 0. The van der Waals surface area contributed by atoms with Crippen LogP contribution in [0, 0.1) is 6.92 Å². The average molecular weight is 481 g/mol. The molecule has 0 spiro atoms. The molecule has 1 aromatic heterocycles. The van der Waals surface area contributed by atoms with Gasteiger partial charge in [-0.2, -0.15) is 0 Å². The zero-order valence-corrected chi connectivity index (χ0v) is 19.7. The highest BCUT2D eigenvalue weighted by Gasteiger charge is 2.20. The molecule has 6 nitrogen and oxygen atoms in total. The molecule has 0 fully saturated rings. The molecule has 0 bridgehead atoms. The molecular formula is C23H26ClFN2O4S. The van der Waals surface area contributed by atoms with Gasteiger partial charge < -0.3 is 15.0 Å². The first-order chi connectivity index (χ1) is 14.7. The Kier molecular flexibility index (Phi) is 8.23. The fourth-order valence-electron chi connectivity index (χ4n) is 3.62. The van der Waals surface area contributed by atoms with E-state index in [0.717, 1.165) is 17.5 Å². The van der Waals surface area contributed by atoms with E-state index in [1.165, 1.54) is 12.1 Å². The van der Waals surface area contributed by atoms with Crippen LogP contribution in [0.25, 0.3) is 22.0 Å². The molecule has 0 saturated carbocycles. The van der Waals surface area contributed by atoms with E-state index in [0.29, 0.717) is 22.0 Å². The van der Waals surface area contributed by atoms with Gasteiger partial charge in [0, 0.05) is 35.0 Å². The standard InChI is InChI=1S/C23H25FN2O4S.ClH/c1-4-30-23(27)17-8-9-21-20(13-17)22(15(2)26(21)14-18(24)10-11-25)16-6-5-7-19(12-16)31(3,28)29;/h5-10,12-13H,4,11,14,25H2,1-3H3;1H. The number of carbonyl (C=O) groups excluding carboxylic acids is 1. The molecule has 0 unspecified atom stereocenters. The number of ether oxygens (including phenoxy) is 1. The SMILES string of the molecule is CCOC(=O)c1ccc2c(c1)c(-c1cccc(S(C)(=O)=O)c1)c(C)n2CC(F)=CCN.Cl. The van der Waals surface area contributed by atoms with Gasteiger partial charge in [0.2, 0.25) is 0 Å². The van der Waals surface area contributed by atoms with Crippen molar-refractivity contribution >= 4 is 39.1 Å². The maximum Gasteiger partial charge on any atom is 0.338 e. The molecule has 2 N–H and O–H groups in total. The van der Waals surface area contributed by atoms with Gasteiger partial charge in [-0.05, 0) is 55.8 Å². The van der Waals surface area contributed by atoms with Crippen molar-refractivity contribution in [1.82, 2.24) is 4.57 Å².